The van der Waals surface area contributed by atoms with E-state index in [0.29, 0.717) is 22.4 Å². The van der Waals surface area contributed by atoms with Gasteiger partial charge in [0.1, 0.15) is 0 Å². The van der Waals surface area contributed by atoms with Crippen LogP contribution in [-0.2, 0) is 4.74 Å². The number of hydrogen-bond donors (Lipinski definition) is 0. The maximum atomic E-state index is 12.7. The van der Waals surface area contributed by atoms with Gasteiger partial charge in [0.25, 0.3) is 5.17 Å². The Morgan fingerprint density at radius 3 is 2.50 bits per heavy atom. The molecule has 0 saturated heterocycles. The van der Waals surface area contributed by atoms with Gasteiger partial charge in [-0.25, -0.2) is 0 Å². The number of nitriles is 1. The molecule has 4 nitrogen and oxygen atoms in total. The number of carbonyl (C=O) groups excluding carboxylic acids is 1. The van der Waals surface area contributed by atoms with E-state index in [9.17, 15) is 4.79 Å². The van der Waals surface area contributed by atoms with Crippen molar-refractivity contribution in [3.8, 4) is 6.07 Å². The van der Waals surface area contributed by atoms with Crippen LogP contribution in [0.15, 0.2) is 48.5 Å². The molecule has 0 amide bonds. The summed E-state index contributed by atoms with van der Waals surface area (Å²) in [5.74, 6) is -0.168. The molecule has 0 atom stereocenters. The van der Waals surface area contributed by atoms with Crippen molar-refractivity contribution in [1.82, 2.24) is 0 Å². The second kappa shape index (κ2) is 6.83. The predicted molar refractivity (Wildman–Crippen MR) is 89.0 cm³/mol. The Morgan fingerprint density at radius 2 is 1.91 bits per heavy atom. The van der Waals surface area contributed by atoms with E-state index in [-0.39, 0.29) is 11.0 Å². The number of carbonyl (C=O) groups is 1. The van der Waals surface area contributed by atoms with E-state index in [0.717, 1.165) is 0 Å². The topological polar surface area (TPSA) is 53.3 Å². The van der Waals surface area contributed by atoms with Crippen molar-refractivity contribution in [2.75, 3.05) is 19.1 Å². The smallest absolute Gasteiger partial charge is 0.263 e. The Morgan fingerprint density at radius 1 is 1.23 bits per heavy atom. The highest BCUT2D eigenvalue weighted by molar-refractivity contribution is 7.80. The number of methoxy groups -OCH3 is 1. The van der Waals surface area contributed by atoms with E-state index in [1.165, 1.54) is 7.11 Å². The molecule has 5 heteroatoms. The first-order valence-corrected chi connectivity index (χ1v) is 6.95. The first-order valence-electron chi connectivity index (χ1n) is 6.54. The quantitative estimate of drug-likeness (QED) is 0.644. The number of hydrogen-bond acceptors (Lipinski definition) is 4. The zero-order valence-electron chi connectivity index (χ0n) is 12.2. The van der Waals surface area contributed by atoms with Gasteiger partial charge in [0.05, 0.1) is 24.4 Å². The predicted octanol–water partition coefficient (Wildman–Crippen LogP) is 3.16. The van der Waals surface area contributed by atoms with Crippen LogP contribution in [0.5, 0.6) is 0 Å². The summed E-state index contributed by atoms with van der Waals surface area (Å²) in [7, 11) is 3.19. The van der Waals surface area contributed by atoms with Crippen molar-refractivity contribution in [3.63, 3.8) is 0 Å². The highest BCUT2D eigenvalue weighted by Crippen LogP contribution is 2.24. The van der Waals surface area contributed by atoms with Crippen LogP contribution >= 0.6 is 12.2 Å². The van der Waals surface area contributed by atoms with Crippen molar-refractivity contribution in [2.45, 2.75) is 0 Å². The molecular formula is C17H14N2O2S. The minimum atomic E-state index is -0.168. The van der Waals surface area contributed by atoms with Crippen LogP contribution in [0.1, 0.15) is 21.5 Å². The molecule has 0 saturated carbocycles. The largest absolute Gasteiger partial charge is 0.474 e. The average Bonchev–Trinajstić information content (AvgIpc) is 2.59. The summed E-state index contributed by atoms with van der Waals surface area (Å²) in [6.07, 6.45) is 0. The van der Waals surface area contributed by atoms with Gasteiger partial charge in [0, 0.05) is 18.2 Å². The van der Waals surface area contributed by atoms with Gasteiger partial charge >= 0.3 is 0 Å². The molecule has 0 bridgehead atoms. The van der Waals surface area contributed by atoms with Crippen LogP contribution < -0.4 is 4.90 Å². The van der Waals surface area contributed by atoms with Gasteiger partial charge in [-0.3, -0.25) is 4.79 Å². The van der Waals surface area contributed by atoms with Gasteiger partial charge in [-0.05, 0) is 30.4 Å². The Labute approximate surface area is 134 Å². The van der Waals surface area contributed by atoms with Crippen molar-refractivity contribution >= 4 is 28.9 Å². The maximum Gasteiger partial charge on any atom is 0.263 e. The molecule has 2 aromatic rings. The molecule has 110 valence electrons. The number of thiocarbonyl (C=S) groups is 1. The van der Waals surface area contributed by atoms with Gasteiger partial charge in [0.2, 0.25) is 0 Å². The zero-order chi connectivity index (χ0) is 16.1. The van der Waals surface area contributed by atoms with Crippen LogP contribution in [0.3, 0.4) is 0 Å². The van der Waals surface area contributed by atoms with Crippen LogP contribution in [0.4, 0.5) is 5.69 Å². The molecule has 0 fully saturated rings. The Balaban J connectivity index is 2.55. The number of ether oxygens (including phenoxy) is 1. The highest BCUT2D eigenvalue weighted by Gasteiger charge is 2.19. The number of anilines is 1. The fourth-order valence-corrected chi connectivity index (χ4v) is 2.16. The first kappa shape index (κ1) is 15.7. The monoisotopic (exact) mass is 310 g/mol. The molecule has 0 aliphatic carbocycles. The molecule has 0 spiro atoms. The average molecular weight is 310 g/mol. The molecule has 0 aliphatic rings. The third kappa shape index (κ3) is 3.13. The molecule has 0 aromatic heterocycles. The van der Waals surface area contributed by atoms with Crippen molar-refractivity contribution in [2.24, 2.45) is 0 Å². The minimum Gasteiger partial charge on any atom is -0.474 e. The van der Waals surface area contributed by atoms with Crippen molar-refractivity contribution in [1.29, 1.82) is 5.26 Å². The number of ketones is 1. The number of rotatable bonds is 3. The van der Waals surface area contributed by atoms with Gasteiger partial charge in [-0.2, -0.15) is 5.26 Å². The van der Waals surface area contributed by atoms with Gasteiger partial charge in [-0.1, -0.05) is 30.3 Å². The summed E-state index contributed by atoms with van der Waals surface area (Å²) in [5, 5.41) is 9.32. The summed E-state index contributed by atoms with van der Waals surface area (Å²) >= 11 is 5.11. The van der Waals surface area contributed by atoms with E-state index in [1.54, 1.807) is 54.4 Å². The minimum absolute atomic E-state index is 0.168. The molecule has 2 rings (SSSR count). The van der Waals surface area contributed by atoms with Gasteiger partial charge < -0.3 is 9.64 Å². The summed E-state index contributed by atoms with van der Waals surface area (Å²) in [6.45, 7) is 0. The Bertz CT molecular complexity index is 751. The van der Waals surface area contributed by atoms with Gasteiger partial charge in [-0.15, -0.1) is 0 Å². The number of nitrogens with zero attached hydrogens (tertiary/aromatic N) is 2. The summed E-state index contributed by atoms with van der Waals surface area (Å²) in [5.41, 5.74) is 1.97. The standard InChI is InChI=1S/C17H14N2O2S/c1-19(17(22)21-2)15-9-8-12(11-18)10-14(15)16(20)13-6-4-3-5-7-13/h3-10H,1-2H3. The summed E-state index contributed by atoms with van der Waals surface area (Å²) < 4.78 is 5.04. The van der Waals surface area contributed by atoms with Gasteiger partial charge in [0.15, 0.2) is 5.78 Å². The maximum absolute atomic E-state index is 12.7. The van der Waals surface area contributed by atoms with E-state index in [4.69, 9.17) is 22.2 Å². The molecule has 0 N–H and O–H groups in total. The molecule has 2 aromatic carbocycles. The van der Waals surface area contributed by atoms with E-state index in [2.05, 4.69) is 0 Å². The van der Waals surface area contributed by atoms with Crippen LogP contribution in [0, 0.1) is 11.3 Å². The first-order chi connectivity index (χ1) is 10.6. The fourth-order valence-electron chi connectivity index (χ4n) is 2.06. The second-order valence-corrected chi connectivity index (χ2v) is 4.92. The third-order valence-corrected chi connectivity index (χ3v) is 3.66. The highest BCUT2D eigenvalue weighted by atomic mass is 32.1. The summed E-state index contributed by atoms with van der Waals surface area (Å²) in [4.78, 5) is 14.3. The molecule has 0 radical (unpaired) electrons. The van der Waals surface area contributed by atoms with Crippen LogP contribution in [0.2, 0.25) is 0 Å². The van der Waals surface area contributed by atoms with E-state index in [1.807, 2.05) is 12.1 Å². The SMILES string of the molecule is COC(=S)N(C)c1ccc(C#N)cc1C(=O)c1ccccc1. The fraction of sp³-hybridized carbons (Fsp3) is 0.118. The molecule has 0 unspecified atom stereocenters. The Kier molecular flexibility index (Phi) is 4.87. The zero-order valence-corrected chi connectivity index (χ0v) is 13.1. The Hall–Kier alpha value is -2.71. The lowest BCUT2D eigenvalue weighted by molar-refractivity contribution is 0.103. The lowest BCUT2D eigenvalue weighted by Crippen LogP contribution is -2.27. The van der Waals surface area contributed by atoms with Crippen molar-refractivity contribution in [3.05, 3.63) is 65.2 Å². The molecule has 22 heavy (non-hydrogen) atoms. The van der Waals surface area contributed by atoms with E-state index >= 15 is 0 Å². The number of benzene rings is 2. The van der Waals surface area contributed by atoms with Crippen LogP contribution in [-0.4, -0.2) is 25.1 Å². The lowest BCUT2D eigenvalue weighted by atomic mass is 9.99. The molecule has 0 aliphatic heterocycles. The van der Waals surface area contributed by atoms with E-state index < -0.39 is 0 Å². The van der Waals surface area contributed by atoms with Crippen LogP contribution in [0.25, 0.3) is 0 Å². The molecular weight excluding hydrogens is 296 g/mol. The lowest BCUT2D eigenvalue weighted by Gasteiger charge is -2.21. The third-order valence-electron chi connectivity index (χ3n) is 3.22. The normalized spacial score (nSPS) is 9.68. The summed E-state index contributed by atoms with van der Waals surface area (Å²) in [6, 6.07) is 15.9. The molecule has 0 heterocycles. The van der Waals surface area contributed by atoms with Crippen molar-refractivity contribution < 1.29 is 9.53 Å². The second-order valence-electron chi connectivity index (χ2n) is 4.57.